The van der Waals surface area contributed by atoms with Crippen LogP contribution in [-0.2, 0) is 0 Å². The highest BCUT2D eigenvalue weighted by molar-refractivity contribution is 6.30. The van der Waals surface area contributed by atoms with Crippen molar-refractivity contribution in [2.75, 3.05) is 0 Å². The van der Waals surface area contributed by atoms with Crippen molar-refractivity contribution in [2.45, 2.75) is 0 Å². The average Bonchev–Trinajstić information content (AvgIpc) is 2.74. The molecule has 2 aromatic heterocycles. The first-order valence-corrected chi connectivity index (χ1v) is 8.51. The molecule has 10 nitrogen and oxygen atoms in total. The zero-order valence-corrected chi connectivity index (χ0v) is 15.4. The summed E-state index contributed by atoms with van der Waals surface area (Å²) in [6.07, 6.45) is 0. The van der Waals surface area contributed by atoms with E-state index in [1.54, 1.807) is 48.5 Å². The summed E-state index contributed by atoms with van der Waals surface area (Å²) in [6.45, 7) is 0. The highest BCUT2D eigenvalue weighted by Gasteiger charge is 2.06. The molecule has 0 radical (unpaired) electrons. The standard InChI is InChI=1S/C16H8Cl2N10/c17-11-5-1-9(2-6-11)13-19-23-15(24-20-13)27-28-16-25-21-14(22-26-16)10-3-7-12(18)8-4-10/h1-8H/b28-27+. The summed E-state index contributed by atoms with van der Waals surface area (Å²) in [5.41, 5.74) is 1.45. The minimum Gasteiger partial charge on any atom is -0.124 e. The summed E-state index contributed by atoms with van der Waals surface area (Å²) in [4.78, 5) is 0. The van der Waals surface area contributed by atoms with E-state index in [1.807, 2.05) is 0 Å². The topological polar surface area (TPSA) is 128 Å². The van der Waals surface area contributed by atoms with Gasteiger partial charge in [0.15, 0.2) is 0 Å². The molecule has 0 aliphatic rings. The van der Waals surface area contributed by atoms with Crippen LogP contribution in [0.4, 0.5) is 11.9 Å². The zero-order chi connectivity index (χ0) is 19.3. The molecular weight excluding hydrogens is 403 g/mol. The van der Waals surface area contributed by atoms with E-state index >= 15 is 0 Å². The molecule has 0 aliphatic heterocycles. The molecule has 0 atom stereocenters. The highest BCUT2D eigenvalue weighted by Crippen LogP contribution is 2.18. The van der Waals surface area contributed by atoms with E-state index in [2.05, 4.69) is 51.0 Å². The molecule has 0 N–H and O–H groups in total. The van der Waals surface area contributed by atoms with Crippen LogP contribution in [0.1, 0.15) is 0 Å². The van der Waals surface area contributed by atoms with Crippen LogP contribution in [0.5, 0.6) is 0 Å². The van der Waals surface area contributed by atoms with Crippen molar-refractivity contribution in [3.63, 3.8) is 0 Å². The Kier molecular flexibility index (Phi) is 5.13. The van der Waals surface area contributed by atoms with E-state index in [0.717, 1.165) is 11.1 Å². The van der Waals surface area contributed by atoms with Crippen LogP contribution in [0.2, 0.25) is 10.0 Å². The van der Waals surface area contributed by atoms with E-state index in [0.29, 0.717) is 21.7 Å². The second-order valence-corrected chi connectivity index (χ2v) is 6.13. The van der Waals surface area contributed by atoms with Gasteiger partial charge in [-0.15, -0.1) is 51.0 Å². The minimum atomic E-state index is -0.0527. The number of hydrogen-bond donors (Lipinski definition) is 0. The van der Waals surface area contributed by atoms with Crippen LogP contribution in [-0.4, -0.2) is 40.8 Å². The summed E-state index contributed by atoms with van der Waals surface area (Å²) in [7, 11) is 0. The summed E-state index contributed by atoms with van der Waals surface area (Å²) in [5.74, 6) is 0.566. The van der Waals surface area contributed by atoms with Crippen molar-refractivity contribution in [1.29, 1.82) is 0 Å². The smallest absolute Gasteiger partial charge is 0.124 e. The number of azo groups is 1. The van der Waals surface area contributed by atoms with Crippen LogP contribution in [0.15, 0.2) is 58.8 Å². The number of hydrogen-bond acceptors (Lipinski definition) is 10. The molecule has 136 valence electrons. The molecule has 0 aliphatic carbocycles. The SMILES string of the molecule is Clc1ccc(-c2nnc(/N=N/c3nnc(-c4ccc(Cl)cc4)nn3)nn2)cc1. The van der Waals surface area contributed by atoms with Crippen LogP contribution >= 0.6 is 23.2 Å². The van der Waals surface area contributed by atoms with Crippen LogP contribution in [0, 0.1) is 0 Å². The minimum absolute atomic E-state index is 0.0527. The molecule has 0 spiro atoms. The van der Waals surface area contributed by atoms with Crippen molar-refractivity contribution >= 4 is 35.1 Å². The summed E-state index contributed by atoms with van der Waals surface area (Å²) in [6, 6.07) is 13.9. The number of benzene rings is 2. The average molecular weight is 411 g/mol. The maximum absolute atomic E-state index is 5.85. The predicted octanol–water partition coefficient (Wildman–Crippen LogP) is 3.90. The van der Waals surface area contributed by atoms with Gasteiger partial charge in [-0.3, -0.25) is 0 Å². The second-order valence-electron chi connectivity index (χ2n) is 5.26. The van der Waals surface area contributed by atoms with Crippen LogP contribution < -0.4 is 0 Å². The van der Waals surface area contributed by atoms with Gasteiger partial charge in [0.1, 0.15) is 0 Å². The molecule has 0 unspecified atom stereocenters. The van der Waals surface area contributed by atoms with Gasteiger partial charge in [0, 0.05) is 21.2 Å². The van der Waals surface area contributed by atoms with E-state index in [1.165, 1.54) is 0 Å². The zero-order valence-electron chi connectivity index (χ0n) is 13.8. The molecule has 12 heteroatoms. The van der Waals surface area contributed by atoms with Crippen molar-refractivity contribution in [1.82, 2.24) is 40.8 Å². The normalized spacial score (nSPS) is 11.1. The number of nitrogens with zero attached hydrogens (tertiary/aromatic N) is 10. The fourth-order valence-electron chi connectivity index (χ4n) is 2.05. The molecule has 0 bridgehead atoms. The Morgan fingerprint density at radius 1 is 0.464 bits per heavy atom. The van der Waals surface area contributed by atoms with E-state index < -0.39 is 0 Å². The van der Waals surface area contributed by atoms with Crippen molar-refractivity contribution in [2.24, 2.45) is 10.2 Å². The number of rotatable bonds is 4. The quantitative estimate of drug-likeness (QED) is 0.463. The van der Waals surface area contributed by atoms with E-state index in [9.17, 15) is 0 Å². The Labute approximate surface area is 167 Å². The molecule has 0 saturated carbocycles. The lowest BCUT2D eigenvalue weighted by Gasteiger charge is -1.98. The van der Waals surface area contributed by atoms with Crippen LogP contribution in [0.25, 0.3) is 22.8 Å². The van der Waals surface area contributed by atoms with Crippen molar-refractivity contribution in [3.8, 4) is 22.8 Å². The van der Waals surface area contributed by atoms with E-state index in [4.69, 9.17) is 23.2 Å². The van der Waals surface area contributed by atoms with E-state index in [-0.39, 0.29) is 11.9 Å². The van der Waals surface area contributed by atoms with Crippen molar-refractivity contribution in [3.05, 3.63) is 58.6 Å². The monoisotopic (exact) mass is 410 g/mol. The molecule has 4 rings (SSSR count). The molecule has 4 aromatic rings. The summed E-state index contributed by atoms with van der Waals surface area (Å²) < 4.78 is 0. The Morgan fingerprint density at radius 2 is 0.786 bits per heavy atom. The molecule has 0 amide bonds. The van der Waals surface area contributed by atoms with Gasteiger partial charge < -0.3 is 0 Å². The third-order valence-electron chi connectivity index (χ3n) is 3.37. The van der Waals surface area contributed by atoms with Gasteiger partial charge >= 0.3 is 11.9 Å². The lowest BCUT2D eigenvalue weighted by Crippen LogP contribution is -1.96. The molecule has 28 heavy (non-hydrogen) atoms. The molecule has 0 saturated heterocycles. The van der Waals surface area contributed by atoms with Gasteiger partial charge in [0.05, 0.1) is 0 Å². The highest BCUT2D eigenvalue weighted by atomic mass is 35.5. The Hall–Kier alpha value is -3.50. The molecule has 0 fully saturated rings. The first kappa shape index (κ1) is 17.9. The fraction of sp³-hybridized carbons (Fsp3) is 0. The molecule has 2 heterocycles. The lowest BCUT2D eigenvalue weighted by atomic mass is 10.2. The molecule has 2 aromatic carbocycles. The number of halogens is 2. The van der Waals surface area contributed by atoms with Gasteiger partial charge in [-0.25, -0.2) is 0 Å². The lowest BCUT2D eigenvalue weighted by molar-refractivity contribution is 0.823. The first-order chi connectivity index (χ1) is 13.7. The Bertz CT molecular complexity index is 1010. The van der Waals surface area contributed by atoms with Gasteiger partial charge in [-0.2, -0.15) is 0 Å². The second kappa shape index (κ2) is 8.03. The first-order valence-electron chi connectivity index (χ1n) is 7.76. The maximum atomic E-state index is 5.85. The van der Waals surface area contributed by atoms with Crippen LogP contribution in [0.3, 0.4) is 0 Å². The largest absolute Gasteiger partial charge is 0.306 e. The third kappa shape index (κ3) is 4.24. The third-order valence-corrected chi connectivity index (χ3v) is 3.87. The Balaban J connectivity index is 1.46. The van der Waals surface area contributed by atoms with Crippen molar-refractivity contribution < 1.29 is 0 Å². The fourth-order valence-corrected chi connectivity index (χ4v) is 2.30. The molecular formula is C16H8Cl2N10. The maximum Gasteiger partial charge on any atom is 0.306 e. The summed E-state index contributed by atoms with van der Waals surface area (Å²) >= 11 is 11.7. The summed E-state index contributed by atoms with van der Waals surface area (Å²) in [5, 5.41) is 39.9. The van der Waals surface area contributed by atoms with Gasteiger partial charge in [-0.05, 0) is 48.5 Å². The van der Waals surface area contributed by atoms with Gasteiger partial charge in [0.2, 0.25) is 11.6 Å². The predicted molar refractivity (Wildman–Crippen MR) is 100 cm³/mol. The van der Waals surface area contributed by atoms with Gasteiger partial charge in [0.25, 0.3) is 0 Å². The Morgan fingerprint density at radius 3 is 1.11 bits per heavy atom. The number of aromatic nitrogens is 8. The van der Waals surface area contributed by atoms with Gasteiger partial charge in [-0.1, -0.05) is 23.2 Å².